The van der Waals surface area contributed by atoms with Crippen LogP contribution in [0.15, 0.2) is 35.1 Å². The second-order valence-electron chi connectivity index (χ2n) is 7.58. The lowest BCUT2D eigenvalue weighted by Gasteiger charge is -2.31. The predicted octanol–water partition coefficient (Wildman–Crippen LogP) is 1.58. The number of para-hydroxylation sites is 1. The molecule has 7 nitrogen and oxygen atoms in total. The van der Waals surface area contributed by atoms with Crippen molar-refractivity contribution in [3.63, 3.8) is 0 Å². The number of carbonyl (C=O) groups is 1. The highest BCUT2D eigenvalue weighted by Gasteiger charge is 2.45. The summed E-state index contributed by atoms with van der Waals surface area (Å²) in [5.41, 5.74) is 8.69. The number of benzene rings is 1. The van der Waals surface area contributed by atoms with E-state index in [9.17, 15) is 14.7 Å². The minimum Gasteiger partial charge on any atom is -0.458 e. The smallest absolute Gasteiger partial charge is 0.343 e. The number of esters is 1. The van der Waals surface area contributed by atoms with Gasteiger partial charge in [-0.2, -0.15) is 0 Å². The molecule has 5 rings (SSSR count). The minimum absolute atomic E-state index is 0.123. The molecule has 0 aliphatic carbocycles. The molecule has 0 spiro atoms. The zero-order valence-corrected chi connectivity index (χ0v) is 16.1. The van der Waals surface area contributed by atoms with Crippen LogP contribution in [0.5, 0.6) is 0 Å². The van der Waals surface area contributed by atoms with Crippen molar-refractivity contribution in [1.29, 1.82) is 0 Å². The van der Waals surface area contributed by atoms with Crippen molar-refractivity contribution in [2.24, 2.45) is 5.73 Å². The molecule has 7 heteroatoms. The van der Waals surface area contributed by atoms with E-state index in [2.05, 4.69) is 0 Å². The molecule has 4 heterocycles. The summed E-state index contributed by atoms with van der Waals surface area (Å²) in [4.78, 5) is 30.3. The van der Waals surface area contributed by atoms with Gasteiger partial charge in [-0.1, -0.05) is 25.1 Å². The van der Waals surface area contributed by atoms with E-state index in [4.69, 9.17) is 15.5 Å². The molecule has 1 atom stereocenters. The second kappa shape index (κ2) is 6.23. The Kier molecular flexibility index (Phi) is 3.88. The molecular weight excluding hydrogens is 370 g/mol. The lowest BCUT2D eigenvalue weighted by molar-refractivity contribution is -0.172. The zero-order valence-electron chi connectivity index (χ0n) is 16.1. The summed E-state index contributed by atoms with van der Waals surface area (Å²) in [6, 6.07) is 9.59. The molecule has 0 unspecified atom stereocenters. The fraction of sp³-hybridized carbons (Fsp3) is 0.318. The van der Waals surface area contributed by atoms with Gasteiger partial charge in [-0.15, -0.1) is 0 Å². The van der Waals surface area contributed by atoms with E-state index in [0.717, 1.165) is 22.0 Å². The van der Waals surface area contributed by atoms with Gasteiger partial charge in [0, 0.05) is 16.5 Å². The maximum absolute atomic E-state index is 13.3. The molecule has 29 heavy (non-hydrogen) atoms. The Hall–Kier alpha value is -3.03. The second-order valence-corrected chi connectivity index (χ2v) is 7.58. The molecule has 2 aliphatic heterocycles. The number of ether oxygens (including phenoxy) is 1. The van der Waals surface area contributed by atoms with Crippen LogP contribution in [0.25, 0.3) is 22.3 Å². The highest BCUT2D eigenvalue weighted by molar-refractivity contribution is 5.89. The number of nitrogens with zero attached hydrogens (tertiary/aromatic N) is 2. The lowest BCUT2D eigenvalue weighted by atomic mass is 9.86. The average Bonchev–Trinajstić information content (AvgIpc) is 3.10. The van der Waals surface area contributed by atoms with Crippen molar-refractivity contribution >= 4 is 16.9 Å². The van der Waals surface area contributed by atoms with E-state index >= 15 is 0 Å². The molecule has 2 aromatic heterocycles. The summed E-state index contributed by atoms with van der Waals surface area (Å²) < 4.78 is 6.78. The molecule has 3 N–H and O–H groups in total. The van der Waals surface area contributed by atoms with E-state index < -0.39 is 11.6 Å². The fourth-order valence-electron chi connectivity index (χ4n) is 4.54. The Balaban J connectivity index is 1.83. The fourth-order valence-corrected chi connectivity index (χ4v) is 4.54. The van der Waals surface area contributed by atoms with Crippen LogP contribution in [0.3, 0.4) is 0 Å². The normalized spacial score (nSPS) is 19.6. The van der Waals surface area contributed by atoms with Gasteiger partial charge in [0.2, 0.25) is 0 Å². The van der Waals surface area contributed by atoms with Crippen LogP contribution < -0.4 is 11.3 Å². The van der Waals surface area contributed by atoms with Crippen molar-refractivity contribution in [2.45, 2.75) is 38.5 Å². The molecule has 1 aromatic carbocycles. The van der Waals surface area contributed by atoms with Crippen LogP contribution in [0.2, 0.25) is 0 Å². The molecular formula is C22H21N3O4. The van der Waals surface area contributed by atoms with E-state index in [1.807, 2.05) is 24.3 Å². The SMILES string of the molecule is CC[C@@]1(O)C(=O)OCc2c1cc1n(c2=O)Cc2c-1nc1ccccc1c2CCN. The standard InChI is InChI=1S/C22H21N3O4/c1-2-22(28)16-9-18-19-14(10-25(18)20(26)15(16)11-29-21(22)27)12(7-8-23)13-5-3-4-6-17(13)24-19/h3-6,9,28H,2,7-8,10-11,23H2,1H3/t22-/m0/s1. The molecule has 0 saturated carbocycles. The Morgan fingerprint density at radius 2 is 2.07 bits per heavy atom. The number of fused-ring (bicyclic) bond motifs is 5. The third-order valence-corrected chi connectivity index (χ3v) is 6.11. The van der Waals surface area contributed by atoms with Gasteiger partial charge in [0.05, 0.1) is 29.0 Å². The lowest BCUT2D eigenvalue weighted by Crippen LogP contribution is -2.44. The van der Waals surface area contributed by atoms with Gasteiger partial charge in [0.1, 0.15) is 6.61 Å². The maximum atomic E-state index is 13.3. The van der Waals surface area contributed by atoms with Crippen LogP contribution in [0.4, 0.5) is 0 Å². The van der Waals surface area contributed by atoms with E-state index in [1.54, 1.807) is 17.6 Å². The molecule has 0 amide bonds. The molecule has 0 fully saturated rings. The maximum Gasteiger partial charge on any atom is 0.343 e. The van der Waals surface area contributed by atoms with Gasteiger partial charge >= 0.3 is 5.97 Å². The van der Waals surface area contributed by atoms with Crippen LogP contribution in [0, 0.1) is 0 Å². The van der Waals surface area contributed by atoms with Crippen LogP contribution >= 0.6 is 0 Å². The first-order chi connectivity index (χ1) is 14.0. The topological polar surface area (TPSA) is 107 Å². The summed E-state index contributed by atoms with van der Waals surface area (Å²) in [6.45, 7) is 2.44. The molecule has 0 radical (unpaired) electrons. The number of rotatable bonds is 3. The number of aliphatic hydroxyl groups is 1. The number of nitrogens with two attached hydrogens (primary N) is 1. The highest BCUT2D eigenvalue weighted by atomic mass is 16.6. The van der Waals surface area contributed by atoms with Gasteiger partial charge in [-0.3, -0.25) is 4.79 Å². The van der Waals surface area contributed by atoms with E-state index in [0.29, 0.717) is 42.0 Å². The predicted molar refractivity (Wildman–Crippen MR) is 107 cm³/mol. The van der Waals surface area contributed by atoms with Crippen molar-refractivity contribution in [2.75, 3.05) is 6.54 Å². The molecule has 2 aliphatic rings. The summed E-state index contributed by atoms with van der Waals surface area (Å²) in [5, 5.41) is 12.0. The Labute approximate surface area is 166 Å². The highest BCUT2D eigenvalue weighted by Crippen LogP contribution is 2.40. The number of pyridine rings is 2. The van der Waals surface area contributed by atoms with Crippen LogP contribution in [0.1, 0.15) is 35.6 Å². The number of cyclic esters (lactones) is 1. The Morgan fingerprint density at radius 3 is 2.83 bits per heavy atom. The van der Waals surface area contributed by atoms with Gasteiger partial charge in [-0.25, -0.2) is 9.78 Å². The molecule has 0 saturated heterocycles. The van der Waals surface area contributed by atoms with Crippen LogP contribution in [-0.2, 0) is 34.7 Å². The van der Waals surface area contributed by atoms with Crippen molar-refractivity contribution in [3.05, 3.63) is 62.9 Å². The third-order valence-electron chi connectivity index (χ3n) is 6.11. The van der Waals surface area contributed by atoms with E-state index in [-0.39, 0.29) is 18.6 Å². The van der Waals surface area contributed by atoms with Gasteiger partial charge < -0.3 is 20.1 Å². The quantitative estimate of drug-likeness (QED) is 0.514. The summed E-state index contributed by atoms with van der Waals surface area (Å²) in [6.07, 6.45) is 0.798. The van der Waals surface area contributed by atoms with Crippen molar-refractivity contribution < 1.29 is 14.6 Å². The molecule has 0 bridgehead atoms. The first kappa shape index (κ1) is 18.0. The Bertz CT molecular complexity index is 1250. The Morgan fingerprint density at radius 1 is 1.28 bits per heavy atom. The molecule has 148 valence electrons. The number of aromatic nitrogens is 2. The molecule has 3 aromatic rings. The first-order valence-electron chi connectivity index (χ1n) is 9.77. The zero-order chi connectivity index (χ0) is 20.3. The van der Waals surface area contributed by atoms with Gasteiger partial charge in [-0.05, 0) is 37.1 Å². The number of hydrogen-bond donors (Lipinski definition) is 2. The van der Waals surface area contributed by atoms with Crippen LogP contribution in [-0.4, -0.2) is 27.2 Å². The largest absolute Gasteiger partial charge is 0.458 e. The van der Waals surface area contributed by atoms with Crippen molar-refractivity contribution in [1.82, 2.24) is 9.55 Å². The average molecular weight is 391 g/mol. The minimum atomic E-state index is -1.82. The monoisotopic (exact) mass is 391 g/mol. The summed E-state index contributed by atoms with van der Waals surface area (Å²) in [7, 11) is 0. The first-order valence-corrected chi connectivity index (χ1v) is 9.77. The van der Waals surface area contributed by atoms with Gasteiger partial charge in [0.25, 0.3) is 5.56 Å². The third kappa shape index (κ3) is 2.34. The van der Waals surface area contributed by atoms with E-state index in [1.165, 1.54) is 0 Å². The summed E-state index contributed by atoms with van der Waals surface area (Å²) in [5.74, 6) is -0.717. The number of carbonyl (C=O) groups excluding carboxylic acids is 1. The van der Waals surface area contributed by atoms with Crippen molar-refractivity contribution in [3.8, 4) is 11.4 Å². The van der Waals surface area contributed by atoms with Gasteiger partial charge in [0.15, 0.2) is 5.60 Å². The number of hydrogen-bond acceptors (Lipinski definition) is 6. The summed E-state index contributed by atoms with van der Waals surface area (Å²) >= 11 is 0.